The normalized spacial score (nSPS) is 11.5. The van der Waals surface area contributed by atoms with E-state index in [1.54, 1.807) is 12.3 Å². The maximum atomic E-state index is 13.2. The van der Waals surface area contributed by atoms with E-state index >= 15 is 0 Å². The number of carbonyl (C=O) groups excluding carboxylic acids is 1. The predicted molar refractivity (Wildman–Crippen MR) is 90.9 cm³/mol. The Kier molecular flexibility index (Phi) is 5.40. The van der Waals surface area contributed by atoms with Crippen LogP contribution in [0.4, 0.5) is 10.1 Å². The quantitative estimate of drug-likeness (QED) is 0.384. The minimum atomic E-state index is -0.824. The average molecular weight is 326 g/mol. The molecule has 0 spiro atoms. The Labute approximate surface area is 137 Å². The van der Waals surface area contributed by atoms with E-state index in [9.17, 15) is 9.18 Å². The van der Waals surface area contributed by atoms with Gasteiger partial charge in [0.25, 0.3) is 0 Å². The number of nitrogens with two attached hydrogens (primary N) is 1. The van der Waals surface area contributed by atoms with Gasteiger partial charge in [0, 0.05) is 53.8 Å². The summed E-state index contributed by atoms with van der Waals surface area (Å²) < 4.78 is 13.2. The summed E-state index contributed by atoms with van der Waals surface area (Å²) >= 11 is 0. The van der Waals surface area contributed by atoms with Crippen molar-refractivity contribution < 1.29 is 14.3 Å². The van der Waals surface area contributed by atoms with Gasteiger partial charge in [-0.3, -0.25) is 9.78 Å². The van der Waals surface area contributed by atoms with Gasteiger partial charge < -0.3 is 21.6 Å². The zero-order chi connectivity index (χ0) is 17.5. The number of carbonyl (C=O) groups is 1. The third-order valence-electron chi connectivity index (χ3n) is 3.13. The van der Waals surface area contributed by atoms with E-state index in [2.05, 4.69) is 10.3 Å². The van der Waals surface area contributed by atoms with Crippen LogP contribution < -0.4 is 11.1 Å². The van der Waals surface area contributed by atoms with Gasteiger partial charge in [-0.1, -0.05) is 0 Å². The zero-order valence-corrected chi connectivity index (χ0v) is 12.5. The number of phenolic OH excluding ortho intramolecular Hbond substituents is 1. The molecule has 122 valence electrons. The third-order valence-corrected chi connectivity index (χ3v) is 3.13. The Morgan fingerprint density at radius 3 is 2.83 bits per heavy atom. The van der Waals surface area contributed by atoms with E-state index < -0.39 is 17.5 Å². The van der Waals surface area contributed by atoms with Gasteiger partial charge in [-0.25, -0.2) is 4.39 Å². The van der Waals surface area contributed by atoms with Crippen LogP contribution in [0.25, 0.3) is 11.6 Å². The zero-order valence-electron chi connectivity index (χ0n) is 12.5. The Hall–Kier alpha value is -3.48. The molecule has 0 aliphatic rings. The monoisotopic (exact) mass is 326 g/mol. The molecule has 0 atom stereocenters. The van der Waals surface area contributed by atoms with Gasteiger partial charge >= 0.3 is 0 Å². The number of hydrogen-bond acceptors (Lipinski definition) is 5. The van der Waals surface area contributed by atoms with Crippen molar-refractivity contribution in [2.75, 3.05) is 5.32 Å². The first-order valence-electron chi connectivity index (χ1n) is 6.89. The van der Waals surface area contributed by atoms with Crippen molar-refractivity contribution >= 4 is 29.5 Å². The van der Waals surface area contributed by atoms with E-state index in [4.69, 9.17) is 16.2 Å². The standard InChI is InChI=1S/C17H15FN4O2/c18-15-7-13(2-3-16(15)23)22-17(24)4-1-11-10-21-6-5-14(11)12(8-19)9-20/h1-10,19,23H,20H2,(H,22,24)/b4-1+,12-9+,19-8?. The van der Waals surface area contributed by atoms with E-state index in [0.29, 0.717) is 16.7 Å². The van der Waals surface area contributed by atoms with Crippen molar-refractivity contribution in [3.63, 3.8) is 0 Å². The van der Waals surface area contributed by atoms with Crippen LogP contribution in [-0.2, 0) is 4.79 Å². The summed E-state index contributed by atoms with van der Waals surface area (Å²) in [6.45, 7) is 0. The van der Waals surface area contributed by atoms with Gasteiger partial charge in [-0.05, 0) is 29.8 Å². The molecule has 0 bridgehead atoms. The molecule has 0 radical (unpaired) electrons. The highest BCUT2D eigenvalue weighted by atomic mass is 19.1. The highest BCUT2D eigenvalue weighted by molar-refractivity contribution is 6.10. The number of hydrogen-bond donors (Lipinski definition) is 4. The molecule has 0 unspecified atom stereocenters. The lowest BCUT2D eigenvalue weighted by atomic mass is 10.0. The summed E-state index contributed by atoms with van der Waals surface area (Å²) in [6, 6.07) is 5.22. The number of aromatic nitrogens is 1. The highest BCUT2D eigenvalue weighted by Gasteiger charge is 2.06. The molecule has 7 heteroatoms. The largest absolute Gasteiger partial charge is 0.505 e. The van der Waals surface area contributed by atoms with E-state index in [-0.39, 0.29) is 5.69 Å². The van der Waals surface area contributed by atoms with Gasteiger partial charge in [0.2, 0.25) is 5.91 Å². The number of anilines is 1. The first-order chi connectivity index (χ1) is 11.5. The van der Waals surface area contributed by atoms with Crippen LogP contribution in [-0.4, -0.2) is 22.2 Å². The van der Waals surface area contributed by atoms with Crippen LogP contribution >= 0.6 is 0 Å². The van der Waals surface area contributed by atoms with Gasteiger partial charge in [0.05, 0.1) is 0 Å². The second kappa shape index (κ2) is 7.68. The van der Waals surface area contributed by atoms with Crippen LogP contribution in [0.5, 0.6) is 5.75 Å². The molecule has 24 heavy (non-hydrogen) atoms. The number of nitrogens with one attached hydrogen (secondary N) is 2. The van der Waals surface area contributed by atoms with Crippen LogP contribution in [0.1, 0.15) is 11.1 Å². The molecule has 0 fully saturated rings. The number of aromatic hydroxyl groups is 1. The van der Waals surface area contributed by atoms with Crippen LogP contribution in [0.2, 0.25) is 0 Å². The minimum absolute atomic E-state index is 0.216. The molecule has 1 aromatic heterocycles. The number of allylic oxidation sites excluding steroid dienone is 1. The maximum Gasteiger partial charge on any atom is 0.248 e. The SMILES string of the molecule is N=C/C(=C\N)c1ccncc1/C=C/C(=O)Nc1ccc(O)c(F)c1. The summed E-state index contributed by atoms with van der Waals surface area (Å²) in [5.41, 5.74) is 7.43. The molecule has 2 rings (SSSR count). The van der Waals surface area contributed by atoms with E-state index in [0.717, 1.165) is 18.3 Å². The van der Waals surface area contributed by atoms with Crippen molar-refractivity contribution in [3.05, 3.63) is 65.9 Å². The van der Waals surface area contributed by atoms with Crippen LogP contribution in [0, 0.1) is 11.2 Å². The molecule has 1 heterocycles. The Balaban J connectivity index is 2.17. The van der Waals surface area contributed by atoms with Gasteiger partial charge in [0.1, 0.15) is 0 Å². The summed E-state index contributed by atoms with van der Waals surface area (Å²) in [5.74, 6) is -1.80. The molecular weight excluding hydrogens is 311 g/mol. The maximum absolute atomic E-state index is 13.2. The third kappa shape index (κ3) is 4.04. The fraction of sp³-hybridized carbons (Fsp3) is 0. The first-order valence-corrected chi connectivity index (χ1v) is 6.89. The molecule has 1 aromatic carbocycles. The highest BCUT2D eigenvalue weighted by Crippen LogP contribution is 2.20. The topological polar surface area (TPSA) is 112 Å². The van der Waals surface area contributed by atoms with Crippen molar-refractivity contribution in [3.8, 4) is 5.75 Å². The molecule has 2 aromatic rings. The predicted octanol–water partition coefficient (Wildman–Crippen LogP) is 2.53. The van der Waals surface area contributed by atoms with E-state index in [1.165, 1.54) is 30.6 Å². The van der Waals surface area contributed by atoms with Gasteiger partial charge in [-0.2, -0.15) is 0 Å². The Morgan fingerprint density at radius 1 is 1.38 bits per heavy atom. The summed E-state index contributed by atoms with van der Waals surface area (Å²) in [4.78, 5) is 15.9. The number of phenols is 1. The number of nitrogens with zero attached hydrogens (tertiary/aromatic N) is 1. The average Bonchev–Trinajstić information content (AvgIpc) is 2.58. The second-order valence-corrected chi connectivity index (χ2v) is 4.72. The minimum Gasteiger partial charge on any atom is -0.505 e. The number of pyridine rings is 1. The second-order valence-electron chi connectivity index (χ2n) is 4.72. The van der Waals surface area contributed by atoms with Crippen molar-refractivity contribution in [1.82, 2.24) is 4.98 Å². The van der Waals surface area contributed by atoms with Crippen LogP contribution in [0.15, 0.2) is 48.9 Å². The molecule has 0 aliphatic carbocycles. The lowest BCUT2D eigenvalue weighted by molar-refractivity contribution is -0.111. The summed E-state index contributed by atoms with van der Waals surface area (Å²) in [6.07, 6.45) is 8.25. The summed E-state index contributed by atoms with van der Waals surface area (Å²) in [7, 11) is 0. The fourth-order valence-electron chi connectivity index (χ4n) is 1.95. The summed E-state index contributed by atoms with van der Waals surface area (Å²) in [5, 5.41) is 18.9. The lowest BCUT2D eigenvalue weighted by Gasteiger charge is -2.05. The van der Waals surface area contributed by atoms with Crippen molar-refractivity contribution in [1.29, 1.82) is 5.41 Å². The molecule has 0 saturated heterocycles. The number of amides is 1. The van der Waals surface area contributed by atoms with Gasteiger partial charge in [-0.15, -0.1) is 0 Å². The fourth-order valence-corrected chi connectivity index (χ4v) is 1.95. The van der Waals surface area contributed by atoms with Gasteiger partial charge in [0.15, 0.2) is 11.6 Å². The molecular formula is C17H15FN4O2. The van der Waals surface area contributed by atoms with E-state index in [1.807, 2.05) is 0 Å². The molecule has 0 saturated carbocycles. The van der Waals surface area contributed by atoms with Crippen LogP contribution in [0.3, 0.4) is 0 Å². The lowest BCUT2D eigenvalue weighted by Crippen LogP contribution is -2.08. The van der Waals surface area contributed by atoms with Crippen molar-refractivity contribution in [2.45, 2.75) is 0 Å². The first kappa shape index (κ1) is 16.9. The molecule has 6 nitrogen and oxygen atoms in total. The number of halogens is 1. The molecule has 5 N–H and O–H groups in total. The number of benzene rings is 1. The number of rotatable bonds is 5. The molecule has 0 aliphatic heterocycles. The Bertz CT molecular complexity index is 831. The Morgan fingerprint density at radius 2 is 2.17 bits per heavy atom. The molecule has 1 amide bonds. The smallest absolute Gasteiger partial charge is 0.248 e. The van der Waals surface area contributed by atoms with Crippen molar-refractivity contribution in [2.24, 2.45) is 5.73 Å².